The number of aromatic nitrogens is 2. The number of phenolic OH excluding ortho intramolecular Hbond substituents is 1. The summed E-state index contributed by atoms with van der Waals surface area (Å²) >= 11 is 2.36. The highest BCUT2D eigenvalue weighted by Gasteiger charge is 2.34. The monoisotopic (exact) mass is 489 g/mol. The average molecular weight is 489 g/mol. The van der Waals surface area contributed by atoms with Crippen molar-refractivity contribution in [3.63, 3.8) is 0 Å². The van der Waals surface area contributed by atoms with Crippen molar-refractivity contribution in [1.82, 2.24) is 17.6 Å². The third kappa shape index (κ3) is 3.05. The van der Waals surface area contributed by atoms with E-state index < -0.39 is 0 Å². The second-order valence-corrected chi connectivity index (χ2v) is 8.60. The number of rotatable bonds is 2. The van der Waals surface area contributed by atoms with Gasteiger partial charge in [-0.05, 0) is 24.3 Å². The number of carbonyl (C=O) groups is 1. The van der Waals surface area contributed by atoms with Crippen molar-refractivity contribution in [1.29, 1.82) is 0 Å². The number of aromatic hydroxyl groups is 1. The zero-order valence-electron chi connectivity index (χ0n) is 15.2. The molecule has 4 heterocycles. The number of piperazine rings is 1. The lowest BCUT2D eigenvalue weighted by molar-refractivity contribution is -0.118. The molecule has 1 unspecified atom stereocenters. The fraction of sp³-hybridized carbons (Fsp3) is 0.300. The topological polar surface area (TPSA) is 73.1 Å². The molecule has 1 amide bonds. The van der Waals surface area contributed by atoms with Gasteiger partial charge >= 0.3 is 0 Å². The van der Waals surface area contributed by atoms with E-state index in [1.807, 2.05) is 35.0 Å². The molecule has 2 aromatic heterocycles. The Morgan fingerprint density at radius 3 is 2.68 bits per heavy atom. The fourth-order valence-corrected chi connectivity index (χ4v) is 4.59. The van der Waals surface area contributed by atoms with Crippen LogP contribution < -0.4 is 5.32 Å². The Morgan fingerprint density at radius 1 is 1.11 bits per heavy atom. The van der Waals surface area contributed by atoms with Gasteiger partial charge in [0, 0.05) is 72.6 Å². The molecule has 8 heteroatoms. The normalized spacial score (nSPS) is 20.9. The first kappa shape index (κ1) is 17.9. The Labute approximate surface area is 176 Å². The van der Waals surface area contributed by atoms with E-state index in [1.54, 1.807) is 12.1 Å². The van der Waals surface area contributed by atoms with E-state index in [0.717, 1.165) is 42.9 Å². The van der Waals surface area contributed by atoms with Gasteiger partial charge in [0.1, 0.15) is 5.75 Å². The van der Waals surface area contributed by atoms with Crippen LogP contribution in [0.1, 0.15) is 18.0 Å². The molecule has 0 aliphatic carbocycles. The molecule has 0 spiro atoms. The van der Waals surface area contributed by atoms with Gasteiger partial charge in [0.15, 0.2) is 0 Å². The van der Waals surface area contributed by atoms with Crippen molar-refractivity contribution >= 4 is 40.0 Å². The van der Waals surface area contributed by atoms with Crippen LogP contribution in [0, 0.1) is 0 Å². The molecule has 144 valence electrons. The zero-order chi connectivity index (χ0) is 19.3. The summed E-state index contributed by atoms with van der Waals surface area (Å²) in [5.74, 6) is 0.250. The molecule has 7 nitrogen and oxygen atoms in total. The molecule has 28 heavy (non-hydrogen) atoms. The number of halogens is 1. The van der Waals surface area contributed by atoms with Gasteiger partial charge in [-0.1, -0.05) is 12.1 Å². The van der Waals surface area contributed by atoms with Crippen LogP contribution in [-0.2, 0) is 4.79 Å². The van der Waals surface area contributed by atoms with Gasteiger partial charge in [0.05, 0.1) is 23.1 Å². The molecular weight excluding hydrogens is 469 g/mol. The van der Waals surface area contributed by atoms with E-state index in [4.69, 9.17) is 5.10 Å². The van der Waals surface area contributed by atoms with Crippen LogP contribution in [0.4, 0.5) is 5.69 Å². The third-order valence-electron chi connectivity index (χ3n) is 5.55. The van der Waals surface area contributed by atoms with E-state index in [2.05, 4.69) is 36.2 Å². The van der Waals surface area contributed by atoms with Crippen LogP contribution >= 0.6 is 22.9 Å². The molecule has 2 aliphatic rings. The minimum absolute atomic E-state index is 0.0474. The number of nitrogens with zero attached hydrogens (tertiary/aromatic N) is 4. The molecule has 1 saturated heterocycles. The first-order chi connectivity index (χ1) is 13.6. The quantitative estimate of drug-likeness (QED) is 0.428. The minimum Gasteiger partial charge on any atom is -0.507 e. The Hall–Kier alpha value is -2.17. The fourth-order valence-electron chi connectivity index (χ4n) is 4.16. The zero-order valence-corrected chi connectivity index (χ0v) is 17.3. The highest BCUT2D eigenvalue weighted by molar-refractivity contribution is 14.1. The van der Waals surface area contributed by atoms with Gasteiger partial charge in [0.2, 0.25) is 5.91 Å². The van der Waals surface area contributed by atoms with Gasteiger partial charge in [-0.15, -0.1) is 0 Å². The van der Waals surface area contributed by atoms with Crippen molar-refractivity contribution in [2.75, 3.05) is 31.5 Å². The smallest absolute Gasteiger partial charge is 0.226 e. The molecule has 1 aromatic carbocycles. The van der Waals surface area contributed by atoms with E-state index in [0.29, 0.717) is 17.7 Å². The molecule has 5 rings (SSSR count). The summed E-state index contributed by atoms with van der Waals surface area (Å²) in [6, 6.07) is 11.2. The first-order valence-corrected chi connectivity index (χ1v) is 10.3. The van der Waals surface area contributed by atoms with Crippen molar-refractivity contribution in [2.45, 2.75) is 12.5 Å². The van der Waals surface area contributed by atoms with Gasteiger partial charge in [-0.3, -0.25) is 9.69 Å². The summed E-state index contributed by atoms with van der Waals surface area (Å²) in [5.41, 5.74) is 4.35. The summed E-state index contributed by atoms with van der Waals surface area (Å²) < 4.78 is 4.11. The van der Waals surface area contributed by atoms with Crippen molar-refractivity contribution in [3.05, 3.63) is 48.2 Å². The number of nitrogens with one attached hydrogen (secondary N) is 1. The van der Waals surface area contributed by atoms with Crippen molar-refractivity contribution in [3.8, 4) is 17.0 Å². The average Bonchev–Trinajstić information content (AvgIpc) is 3.05. The molecule has 1 atom stereocenters. The van der Waals surface area contributed by atoms with Crippen LogP contribution in [0.15, 0.2) is 42.6 Å². The van der Waals surface area contributed by atoms with E-state index in [1.165, 1.54) is 0 Å². The number of anilines is 1. The van der Waals surface area contributed by atoms with Gasteiger partial charge < -0.3 is 10.4 Å². The summed E-state index contributed by atoms with van der Waals surface area (Å²) in [6.45, 7) is 3.88. The summed E-state index contributed by atoms with van der Waals surface area (Å²) in [5, 5.41) is 17.9. The number of benzene rings is 1. The minimum atomic E-state index is 0.0474. The number of fused-ring (bicyclic) bond motifs is 3. The van der Waals surface area contributed by atoms with E-state index in [9.17, 15) is 9.90 Å². The predicted octanol–water partition coefficient (Wildman–Crippen LogP) is 3.06. The Morgan fingerprint density at radius 2 is 1.89 bits per heavy atom. The molecule has 2 N–H and O–H groups in total. The SMILES string of the molecule is O=C1CC(N2CCN(I)CC2)c2c(cn3nc(-c4ccccc4O)ccc23)N1. The predicted molar refractivity (Wildman–Crippen MR) is 115 cm³/mol. The largest absolute Gasteiger partial charge is 0.507 e. The lowest BCUT2D eigenvalue weighted by Gasteiger charge is -2.38. The molecule has 2 aliphatic heterocycles. The Kier molecular flexibility index (Phi) is 4.48. The van der Waals surface area contributed by atoms with E-state index >= 15 is 0 Å². The van der Waals surface area contributed by atoms with Crippen LogP contribution in [0.25, 0.3) is 16.8 Å². The number of hydrogen-bond donors (Lipinski definition) is 2. The summed E-state index contributed by atoms with van der Waals surface area (Å²) in [4.78, 5) is 14.7. The maximum absolute atomic E-state index is 12.3. The van der Waals surface area contributed by atoms with Gasteiger partial charge in [-0.2, -0.15) is 5.10 Å². The molecule has 0 bridgehead atoms. The van der Waals surface area contributed by atoms with Crippen LogP contribution in [0.2, 0.25) is 0 Å². The van der Waals surface area contributed by atoms with Gasteiger partial charge in [-0.25, -0.2) is 7.63 Å². The molecule has 3 aromatic rings. The first-order valence-electron chi connectivity index (χ1n) is 9.35. The number of hydrogen-bond acceptors (Lipinski definition) is 5. The standard InChI is InChI=1S/C20H20IN5O2/c21-25-9-7-24(8-10-25)17-11-19(28)22-15-12-26-16(20(15)17)6-5-14(23-26)13-3-1-2-4-18(13)27/h1-6,12,17,27H,7-11H2,(H,22,28). The van der Waals surface area contributed by atoms with Crippen LogP contribution in [0.3, 0.4) is 0 Å². The Bertz CT molecular complexity index is 1060. The lowest BCUT2D eigenvalue weighted by Crippen LogP contribution is -2.45. The number of phenols is 1. The maximum Gasteiger partial charge on any atom is 0.226 e. The highest BCUT2D eigenvalue weighted by Crippen LogP contribution is 2.40. The third-order valence-corrected chi connectivity index (χ3v) is 6.51. The molecule has 1 fully saturated rings. The second-order valence-electron chi connectivity index (χ2n) is 7.24. The maximum atomic E-state index is 12.3. The summed E-state index contributed by atoms with van der Waals surface area (Å²) in [6.07, 6.45) is 2.35. The highest BCUT2D eigenvalue weighted by atomic mass is 127. The van der Waals surface area contributed by atoms with Crippen molar-refractivity contribution in [2.24, 2.45) is 0 Å². The van der Waals surface area contributed by atoms with E-state index in [-0.39, 0.29) is 17.7 Å². The number of para-hydroxylation sites is 1. The van der Waals surface area contributed by atoms with Crippen molar-refractivity contribution < 1.29 is 9.90 Å². The second kappa shape index (κ2) is 7.02. The van der Waals surface area contributed by atoms with Gasteiger partial charge in [0.25, 0.3) is 0 Å². The van der Waals surface area contributed by atoms with Crippen LogP contribution in [0.5, 0.6) is 5.75 Å². The molecular formula is C20H20IN5O2. The Balaban J connectivity index is 1.58. The number of amides is 1. The molecule has 0 radical (unpaired) electrons. The number of carbonyl (C=O) groups excluding carboxylic acids is 1. The summed E-state index contributed by atoms with van der Waals surface area (Å²) in [7, 11) is 0. The lowest BCUT2D eigenvalue weighted by atomic mass is 9.97. The van der Waals surface area contributed by atoms with Crippen LogP contribution in [-0.4, -0.2) is 54.8 Å². The molecule has 0 saturated carbocycles.